The minimum Gasteiger partial charge on any atom is -0.461 e. The fourth-order valence-electron chi connectivity index (χ4n) is 4.42. The SMILES string of the molecule is CCOC(=O)c1cnc2c(N(C)Cc3ccccc3)cc(-c3c[nH]c4nccc(C(C)C)c34)nn12. The van der Waals surface area contributed by atoms with Crippen LogP contribution < -0.4 is 4.90 Å². The highest BCUT2D eigenvalue weighted by atomic mass is 16.5. The Labute approximate surface area is 203 Å². The highest BCUT2D eigenvalue weighted by Gasteiger charge is 2.22. The molecular formula is C27H28N6O2. The lowest BCUT2D eigenvalue weighted by Crippen LogP contribution is -2.19. The van der Waals surface area contributed by atoms with Gasteiger partial charge in [-0.25, -0.2) is 19.3 Å². The highest BCUT2D eigenvalue weighted by molar-refractivity contribution is 5.96. The number of carbonyl (C=O) groups excluding carboxylic acids is 1. The van der Waals surface area contributed by atoms with E-state index in [9.17, 15) is 4.79 Å². The molecule has 1 N–H and O–H groups in total. The number of pyridine rings is 1. The van der Waals surface area contributed by atoms with Gasteiger partial charge in [-0.15, -0.1) is 0 Å². The third kappa shape index (κ3) is 4.12. The summed E-state index contributed by atoms with van der Waals surface area (Å²) in [6, 6.07) is 14.3. The minimum atomic E-state index is -0.454. The van der Waals surface area contributed by atoms with E-state index in [0.29, 0.717) is 23.8 Å². The molecule has 4 heterocycles. The predicted molar refractivity (Wildman–Crippen MR) is 137 cm³/mol. The number of esters is 1. The number of nitrogens with zero attached hydrogens (tertiary/aromatic N) is 5. The van der Waals surface area contributed by atoms with Crippen molar-refractivity contribution in [2.24, 2.45) is 0 Å². The van der Waals surface area contributed by atoms with Crippen LogP contribution >= 0.6 is 0 Å². The van der Waals surface area contributed by atoms with E-state index in [1.807, 2.05) is 49.8 Å². The number of hydrogen-bond donors (Lipinski definition) is 1. The predicted octanol–water partition coefficient (Wildman–Crippen LogP) is 5.21. The largest absolute Gasteiger partial charge is 0.461 e. The molecule has 5 aromatic rings. The van der Waals surface area contributed by atoms with Gasteiger partial charge in [0, 0.05) is 36.9 Å². The summed E-state index contributed by atoms with van der Waals surface area (Å²) >= 11 is 0. The first-order valence-corrected chi connectivity index (χ1v) is 11.7. The van der Waals surface area contributed by atoms with Crippen LogP contribution in [0.15, 0.2) is 61.1 Å². The number of benzene rings is 1. The molecule has 0 aliphatic rings. The van der Waals surface area contributed by atoms with Crippen LogP contribution in [0.4, 0.5) is 5.69 Å². The van der Waals surface area contributed by atoms with Crippen molar-refractivity contribution in [1.29, 1.82) is 0 Å². The molecule has 0 aliphatic heterocycles. The number of aromatic nitrogens is 5. The second-order valence-electron chi connectivity index (χ2n) is 8.84. The number of anilines is 1. The molecule has 8 nitrogen and oxygen atoms in total. The van der Waals surface area contributed by atoms with Gasteiger partial charge in [0.25, 0.3) is 0 Å². The van der Waals surface area contributed by atoms with Crippen LogP contribution in [0.2, 0.25) is 0 Å². The Morgan fingerprint density at radius 2 is 1.97 bits per heavy atom. The summed E-state index contributed by atoms with van der Waals surface area (Å²) in [5.74, 6) is -0.146. The van der Waals surface area contributed by atoms with Crippen LogP contribution in [0.25, 0.3) is 27.9 Å². The molecule has 0 unspecified atom stereocenters. The zero-order chi connectivity index (χ0) is 24.5. The molecule has 0 atom stereocenters. The standard InChI is InChI=1S/C27H28N6O2/c1-5-35-27(34)23-15-30-26-22(32(4)16-18-9-7-6-8-10-18)13-21(31-33(23)26)20-14-29-25-24(20)19(17(2)3)11-12-28-25/h6-15,17H,5,16H2,1-4H3,(H,28,29). The lowest BCUT2D eigenvalue weighted by molar-refractivity contribution is 0.0517. The van der Waals surface area contributed by atoms with E-state index < -0.39 is 5.97 Å². The van der Waals surface area contributed by atoms with E-state index in [1.54, 1.807) is 11.4 Å². The second-order valence-corrected chi connectivity index (χ2v) is 8.84. The number of hydrogen-bond acceptors (Lipinski definition) is 6. The van der Waals surface area contributed by atoms with Crippen molar-refractivity contribution in [1.82, 2.24) is 24.6 Å². The fourth-order valence-corrected chi connectivity index (χ4v) is 4.42. The number of H-pyrrole nitrogens is 1. The van der Waals surface area contributed by atoms with Gasteiger partial charge in [0.15, 0.2) is 11.3 Å². The van der Waals surface area contributed by atoms with Crippen LogP contribution in [0.5, 0.6) is 0 Å². The molecule has 0 saturated heterocycles. The Kier molecular flexibility index (Phi) is 5.94. The average Bonchev–Trinajstić information content (AvgIpc) is 3.48. The highest BCUT2D eigenvalue weighted by Crippen LogP contribution is 2.35. The van der Waals surface area contributed by atoms with Gasteiger partial charge < -0.3 is 14.6 Å². The molecule has 0 fully saturated rings. The quantitative estimate of drug-likeness (QED) is 0.330. The molecule has 1 aromatic carbocycles. The zero-order valence-electron chi connectivity index (χ0n) is 20.3. The van der Waals surface area contributed by atoms with Gasteiger partial charge >= 0.3 is 5.97 Å². The van der Waals surface area contributed by atoms with Crippen LogP contribution in [0.1, 0.15) is 48.3 Å². The molecule has 0 aliphatic carbocycles. The summed E-state index contributed by atoms with van der Waals surface area (Å²) < 4.78 is 6.86. The Bertz CT molecular complexity index is 1500. The number of aromatic amines is 1. The van der Waals surface area contributed by atoms with Gasteiger partial charge in [0.1, 0.15) is 5.65 Å². The maximum atomic E-state index is 12.7. The Balaban J connectivity index is 1.72. The summed E-state index contributed by atoms with van der Waals surface area (Å²) in [5.41, 5.74) is 6.55. The summed E-state index contributed by atoms with van der Waals surface area (Å²) in [5, 5.41) is 5.89. The number of fused-ring (bicyclic) bond motifs is 2. The van der Waals surface area contributed by atoms with E-state index in [4.69, 9.17) is 9.84 Å². The summed E-state index contributed by atoms with van der Waals surface area (Å²) in [6.45, 7) is 7.06. The number of ether oxygens (including phenoxy) is 1. The fraction of sp³-hybridized carbons (Fsp3) is 0.259. The van der Waals surface area contributed by atoms with Gasteiger partial charge in [-0.3, -0.25) is 0 Å². The van der Waals surface area contributed by atoms with Crippen LogP contribution in [-0.2, 0) is 11.3 Å². The Morgan fingerprint density at radius 3 is 2.71 bits per heavy atom. The average molecular weight is 469 g/mol. The molecule has 0 bridgehead atoms. The van der Waals surface area contributed by atoms with Gasteiger partial charge in [-0.2, -0.15) is 5.10 Å². The first-order chi connectivity index (χ1) is 17.0. The smallest absolute Gasteiger partial charge is 0.358 e. The number of rotatable bonds is 7. The summed E-state index contributed by atoms with van der Waals surface area (Å²) in [6.07, 6.45) is 5.28. The molecule has 178 valence electrons. The topological polar surface area (TPSA) is 88.4 Å². The zero-order valence-corrected chi connectivity index (χ0v) is 20.3. The second kappa shape index (κ2) is 9.21. The van der Waals surface area contributed by atoms with Gasteiger partial charge in [0.05, 0.1) is 24.2 Å². The van der Waals surface area contributed by atoms with Crippen molar-refractivity contribution >= 4 is 28.3 Å². The maximum Gasteiger partial charge on any atom is 0.358 e. The summed E-state index contributed by atoms with van der Waals surface area (Å²) in [7, 11) is 2.02. The van der Waals surface area contributed by atoms with Crippen molar-refractivity contribution in [2.45, 2.75) is 33.2 Å². The van der Waals surface area contributed by atoms with E-state index in [2.05, 4.69) is 45.8 Å². The van der Waals surface area contributed by atoms with Crippen LogP contribution in [-0.4, -0.2) is 44.2 Å². The van der Waals surface area contributed by atoms with Crippen molar-refractivity contribution in [2.75, 3.05) is 18.6 Å². The lowest BCUT2D eigenvalue weighted by atomic mass is 9.98. The van der Waals surface area contributed by atoms with Gasteiger partial charge in [0.2, 0.25) is 0 Å². The first-order valence-electron chi connectivity index (χ1n) is 11.7. The van der Waals surface area contributed by atoms with E-state index in [-0.39, 0.29) is 6.61 Å². The van der Waals surface area contributed by atoms with Crippen LogP contribution in [0, 0.1) is 0 Å². The third-order valence-electron chi connectivity index (χ3n) is 6.11. The number of imidazole rings is 1. The normalized spacial score (nSPS) is 11.5. The van der Waals surface area contributed by atoms with E-state index >= 15 is 0 Å². The van der Waals surface area contributed by atoms with Crippen molar-refractivity contribution in [3.8, 4) is 11.3 Å². The molecule has 5 rings (SSSR count). The van der Waals surface area contributed by atoms with E-state index in [1.165, 1.54) is 17.3 Å². The molecule has 0 saturated carbocycles. The van der Waals surface area contributed by atoms with Crippen molar-refractivity contribution in [3.63, 3.8) is 0 Å². The third-order valence-corrected chi connectivity index (χ3v) is 6.11. The lowest BCUT2D eigenvalue weighted by Gasteiger charge is -2.21. The molecule has 0 radical (unpaired) electrons. The molecule has 4 aromatic heterocycles. The van der Waals surface area contributed by atoms with Crippen molar-refractivity contribution in [3.05, 3.63) is 77.9 Å². The number of nitrogens with one attached hydrogen (secondary N) is 1. The molecular weight excluding hydrogens is 440 g/mol. The van der Waals surface area contributed by atoms with Gasteiger partial charge in [-0.1, -0.05) is 44.2 Å². The maximum absolute atomic E-state index is 12.7. The monoisotopic (exact) mass is 468 g/mol. The molecule has 0 spiro atoms. The first kappa shape index (κ1) is 22.6. The van der Waals surface area contributed by atoms with Crippen molar-refractivity contribution < 1.29 is 9.53 Å². The minimum absolute atomic E-state index is 0.276. The van der Waals surface area contributed by atoms with Gasteiger partial charge in [-0.05, 0) is 36.1 Å². The Hall–Kier alpha value is -4.20. The number of carbonyl (C=O) groups is 1. The Morgan fingerprint density at radius 1 is 1.17 bits per heavy atom. The summed E-state index contributed by atoms with van der Waals surface area (Å²) in [4.78, 5) is 27.2. The van der Waals surface area contributed by atoms with E-state index in [0.717, 1.165) is 28.0 Å². The molecule has 8 heteroatoms. The molecule has 35 heavy (non-hydrogen) atoms. The molecule has 0 amide bonds. The van der Waals surface area contributed by atoms with Crippen LogP contribution in [0.3, 0.4) is 0 Å².